The largest absolute Gasteiger partial charge is 0.458 e. The van der Waals surface area contributed by atoms with Crippen LogP contribution in [0.2, 0.25) is 0 Å². The minimum Gasteiger partial charge on any atom is -0.458 e. The highest BCUT2D eigenvalue weighted by Crippen LogP contribution is 2.15. The highest BCUT2D eigenvalue weighted by molar-refractivity contribution is 5.93. The zero-order chi connectivity index (χ0) is 18.2. The van der Waals surface area contributed by atoms with E-state index in [0.717, 1.165) is 14.2 Å². The highest BCUT2D eigenvalue weighted by Gasteiger charge is 2.13. The minimum atomic E-state index is -0.394. The van der Waals surface area contributed by atoms with Gasteiger partial charge in [-0.2, -0.15) is 0 Å². The molecular formula is C18H28O6. The van der Waals surface area contributed by atoms with E-state index in [-0.39, 0.29) is 13.2 Å². The standard InChI is InChI=1S/C10H8O4.C6H12.2CH4O/c11-9-7-1-2-8(4-3-7)10(12)14-6-5-13-9;1-2-4-6-5-3-1;2*1-2/h1-4H,5-6H2;1-6H2;2*2H,1H3. The van der Waals surface area contributed by atoms with Crippen LogP contribution in [-0.4, -0.2) is 49.6 Å². The van der Waals surface area contributed by atoms with Gasteiger partial charge in [-0.15, -0.1) is 0 Å². The Morgan fingerprint density at radius 2 is 0.875 bits per heavy atom. The smallest absolute Gasteiger partial charge is 0.338 e. The monoisotopic (exact) mass is 340 g/mol. The molecular weight excluding hydrogens is 312 g/mol. The van der Waals surface area contributed by atoms with Gasteiger partial charge >= 0.3 is 11.9 Å². The van der Waals surface area contributed by atoms with Crippen molar-refractivity contribution in [3.8, 4) is 0 Å². The van der Waals surface area contributed by atoms with Gasteiger partial charge in [-0.3, -0.25) is 0 Å². The molecule has 3 aliphatic rings. The lowest BCUT2D eigenvalue weighted by Gasteiger charge is -2.09. The molecule has 1 saturated carbocycles. The van der Waals surface area contributed by atoms with Crippen LogP contribution in [0.1, 0.15) is 59.2 Å². The Bertz CT molecular complexity index is 403. The van der Waals surface area contributed by atoms with Crippen molar-refractivity contribution in [3.05, 3.63) is 35.4 Å². The second-order valence-electron chi connectivity index (χ2n) is 4.97. The van der Waals surface area contributed by atoms with Gasteiger partial charge in [-0.25, -0.2) is 9.59 Å². The third-order valence-corrected chi connectivity index (χ3v) is 3.41. The van der Waals surface area contributed by atoms with Crippen molar-refractivity contribution in [2.24, 2.45) is 0 Å². The number of carbonyl (C=O) groups excluding carboxylic acids is 2. The van der Waals surface area contributed by atoms with Gasteiger partial charge in [0.1, 0.15) is 13.2 Å². The number of esters is 2. The van der Waals surface area contributed by atoms with E-state index < -0.39 is 11.9 Å². The molecule has 0 amide bonds. The molecule has 1 aromatic carbocycles. The molecule has 1 aliphatic carbocycles. The van der Waals surface area contributed by atoms with E-state index in [0.29, 0.717) is 11.1 Å². The normalized spacial score (nSPS) is 15.8. The maximum Gasteiger partial charge on any atom is 0.338 e. The van der Waals surface area contributed by atoms with E-state index in [2.05, 4.69) is 0 Å². The van der Waals surface area contributed by atoms with E-state index in [1.165, 1.54) is 38.5 Å². The van der Waals surface area contributed by atoms with Gasteiger partial charge < -0.3 is 19.7 Å². The van der Waals surface area contributed by atoms with Gasteiger partial charge in [0.05, 0.1) is 11.1 Å². The Balaban J connectivity index is 0.000000443. The van der Waals surface area contributed by atoms with E-state index in [1.54, 1.807) is 24.3 Å². The summed E-state index contributed by atoms with van der Waals surface area (Å²) >= 11 is 0. The number of carbonyl (C=O) groups is 2. The summed E-state index contributed by atoms with van der Waals surface area (Å²) in [5.74, 6) is -0.788. The maximum absolute atomic E-state index is 11.3. The van der Waals surface area contributed by atoms with Crippen LogP contribution in [0.4, 0.5) is 0 Å². The molecule has 2 bridgehead atoms. The summed E-state index contributed by atoms with van der Waals surface area (Å²) in [4.78, 5) is 22.5. The fraction of sp³-hybridized carbons (Fsp3) is 0.556. The lowest BCUT2D eigenvalue weighted by Crippen LogP contribution is -2.16. The third-order valence-electron chi connectivity index (χ3n) is 3.41. The van der Waals surface area contributed by atoms with Gasteiger partial charge in [-0.05, 0) is 24.3 Å². The number of aliphatic hydroxyl groups is 2. The summed E-state index contributed by atoms with van der Waals surface area (Å²) in [6.07, 6.45) is 9.00. The number of ether oxygens (including phenoxy) is 2. The van der Waals surface area contributed by atoms with Crippen LogP contribution in [0.25, 0.3) is 0 Å². The first-order valence-corrected chi connectivity index (χ1v) is 8.11. The quantitative estimate of drug-likeness (QED) is 0.705. The Labute approximate surface area is 143 Å². The van der Waals surface area contributed by atoms with Gasteiger partial charge in [0.15, 0.2) is 0 Å². The van der Waals surface area contributed by atoms with Gasteiger partial charge in [0, 0.05) is 14.2 Å². The maximum atomic E-state index is 11.3. The number of aliphatic hydroxyl groups excluding tert-OH is 2. The number of rotatable bonds is 0. The molecule has 6 heteroatoms. The molecule has 1 aromatic rings. The summed E-state index contributed by atoms with van der Waals surface area (Å²) in [7, 11) is 2.00. The first kappa shape index (κ1) is 22.1. The number of benzene rings is 1. The first-order valence-electron chi connectivity index (χ1n) is 8.11. The fourth-order valence-electron chi connectivity index (χ4n) is 2.24. The molecule has 0 spiro atoms. The molecule has 2 heterocycles. The van der Waals surface area contributed by atoms with Gasteiger partial charge in [0.25, 0.3) is 0 Å². The van der Waals surface area contributed by atoms with E-state index >= 15 is 0 Å². The summed E-state index contributed by atoms with van der Waals surface area (Å²) in [6, 6.07) is 6.18. The Morgan fingerprint density at radius 1 is 0.625 bits per heavy atom. The highest BCUT2D eigenvalue weighted by atomic mass is 16.6. The molecule has 24 heavy (non-hydrogen) atoms. The molecule has 2 aliphatic heterocycles. The zero-order valence-corrected chi connectivity index (χ0v) is 14.5. The molecule has 4 rings (SSSR count). The number of hydrogen-bond donors (Lipinski definition) is 2. The van der Waals surface area contributed by atoms with Gasteiger partial charge in [-0.1, -0.05) is 38.5 Å². The van der Waals surface area contributed by atoms with Crippen molar-refractivity contribution in [1.29, 1.82) is 0 Å². The van der Waals surface area contributed by atoms with E-state index in [4.69, 9.17) is 19.7 Å². The molecule has 0 aromatic heterocycles. The van der Waals surface area contributed by atoms with Crippen molar-refractivity contribution < 1.29 is 29.3 Å². The van der Waals surface area contributed by atoms with Crippen LogP contribution in [0.15, 0.2) is 24.3 Å². The molecule has 0 radical (unpaired) electrons. The molecule has 136 valence electrons. The van der Waals surface area contributed by atoms with Crippen molar-refractivity contribution in [3.63, 3.8) is 0 Å². The van der Waals surface area contributed by atoms with Crippen molar-refractivity contribution in [1.82, 2.24) is 0 Å². The summed E-state index contributed by atoms with van der Waals surface area (Å²) in [5, 5.41) is 14.0. The van der Waals surface area contributed by atoms with Crippen LogP contribution < -0.4 is 0 Å². The zero-order valence-electron chi connectivity index (χ0n) is 14.5. The van der Waals surface area contributed by atoms with Gasteiger partial charge in [0.2, 0.25) is 0 Å². The Kier molecular flexibility index (Phi) is 13.5. The van der Waals surface area contributed by atoms with E-state index in [1.807, 2.05) is 0 Å². The lowest BCUT2D eigenvalue weighted by molar-refractivity contribution is 0.0260. The Hall–Kier alpha value is -1.92. The summed E-state index contributed by atoms with van der Waals surface area (Å²) < 4.78 is 9.66. The van der Waals surface area contributed by atoms with Crippen LogP contribution in [0.3, 0.4) is 0 Å². The van der Waals surface area contributed by atoms with Crippen LogP contribution in [-0.2, 0) is 9.47 Å². The minimum absolute atomic E-state index is 0.100. The molecule has 0 saturated heterocycles. The molecule has 2 N–H and O–H groups in total. The predicted molar refractivity (Wildman–Crippen MR) is 91.0 cm³/mol. The van der Waals surface area contributed by atoms with Crippen LogP contribution in [0.5, 0.6) is 0 Å². The van der Waals surface area contributed by atoms with Crippen molar-refractivity contribution >= 4 is 11.9 Å². The second-order valence-corrected chi connectivity index (χ2v) is 4.97. The molecule has 0 atom stereocenters. The van der Waals surface area contributed by atoms with Crippen molar-refractivity contribution in [2.75, 3.05) is 27.4 Å². The van der Waals surface area contributed by atoms with Crippen molar-refractivity contribution in [2.45, 2.75) is 38.5 Å². The number of hydrogen-bond acceptors (Lipinski definition) is 6. The summed E-state index contributed by atoms with van der Waals surface area (Å²) in [6.45, 7) is 0.200. The SMILES string of the molecule is C1CCCCC1.CO.CO.O=C1OCCOC(=O)c2ccc1cc2. The Morgan fingerprint density at radius 3 is 1.12 bits per heavy atom. The van der Waals surface area contributed by atoms with E-state index in [9.17, 15) is 9.59 Å². The molecule has 0 unspecified atom stereocenters. The fourth-order valence-corrected chi connectivity index (χ4v) is 2.24. The average molecular weight is 340 g/mol. The second kappa shape index (κ2) is 14.7. The van der Waals surface area contributed by atoms with Crippen LogP contribution in [0, 0.1) is 0 Å². The molecule has 1 fully saturated rings. The number of fused-ring (bicyclic) bond motifs is 7. The first-order chi connectivity index (χ1) is 11.8. The average Bonchev–Trinajstić information content (AvgIpc) is 2.70. The topological polar surface area (TPSA) is 93.1 Å². The summed E-state index contributed by atoms with van der Waals surface area (Å²) in [5.41, 5.74) is 0.895. The molecule has 6 nitrogen and oxygen atoms in total. The third kappa shape index (κ3) is 8.64. The van der Waals surface area contributed by atoms with Crippen LogP contribution >= 0.6 is 0 Å². The predicted octanol–water partition coefficient (Wildman–Crippen LogP) is 2.57. The lowest BCUT2D eigenvalue weighted by atomic mass is 10.0.